The minimum absolute atomic E-state index is 0.180. The minimum atomic E-state index is 0.180. The van der Waals surface area contributed by atoms with Crippen LogP contribution in [0.3, 0.4) is 0 Å². The molecule has 0 radical (unpaired) electrons. The number of methoxy groups -OCH3 is 1. The van der Waals surface area contributed by atoms with Crippen molar-refractivity contribution in [1.29, 1.82) is 0 Å². The van der Waals surface area contributed by atoms with Gasteiger partial charge in [-0.25, -0.2) is 0 Å². The number of likely N-dealkylation sites (tertiary alicyclic amines) is 1. The minimum Gasteiger partial charge on any atom is -0.383 e. The van der Waals surface area contributed by atoms with Gasteiger partial charge in [0.1, 0.15) is 0 Å². The van der Waals surface area contributed by atoms with E-state index in [9.17, 15) is 0 Å². The molecule has 0 bridgehead atoms. The first-order valence-corrected chi connectivity index (χ1v) is 7.66. The summed E-state index contributed by atoms with van der Waals surface area (Å²) < 4.78 is 7.26. The summed E-state index contributed by atoms with van der Waals surface area (Å²) >= 11 is 0. The predicted octanol–water partition coefficient (Wildman–Crippen LogP) is 1.96. The molecule has 1 saturated heterocycles. The van der Waals surface area contributed by atoms with Gasteiger partial charge < -0.3 is 10.5 Å². The third kappa shape index (κ3) is 3.59. The molecule has 0 aromatic carbocycles. The fourth-order valence-electron chi connectivity index (χ4n) is 2.97. The fourth-order valence-corrected chi connectivity index (χ4v) is 2.97. The summed E-state index contributed by atoms with van der Waals surface area (Å²) in [6.07, 6.45) is 7.64. The number of nitrogens with two attached hydrogens (primary N) is 1. The lowest BCUT2D eigenvalue weighted by Gasteiger charge is -2.32. The van der Waals surface area contributed by atoms with Crippen LogP contribution in [0.25, 0.3) is 0 Å². The van der Waals surface area contributed by atoms with Crippen LogP contribution in [-0.4, -0.2) is 47.5 Å². The monoisotopic (exact) mass is 280 g/mol. The van der Waals surface area contributed by atoms with Gasteiger partial charge in [-0.2, -0.15) is 5.10 Å². The van der Waals surface area contributed by atoms with Gasteiger partial charge in [-0.05, 0) is 33.2 Å². The Balaban J connectivity index is 2.20. The maximum atomic E-state index is 6.44. The summed E-state index contributed by atoms with van der Waals surface area (Å²) in [6, 6.07) is 0.831. The molecule has 2 atom stereocenters. The maximum absolute atomic E-state index is 6.44. The Labute approximate surface area is 122 Å². The molecule has 1 fully saturated rings. The molecule has 2 unspecified atom stereocenters. The van der Waals surface area contributed by atoms with Crippen LogP contribution in [0.2, 0.25) is 0 Å². The number of hydrogen-bond donors (Lipinski definition) is 1. The second-order valence-corrected chi connectivity index (χ2v) is 5.98. The van der Waals surface area contributed by atoms with E-state index in [1.807, 2.05) is 10.9 Å². The maximum Gasteiger partial charge on any atom is 0.0589 e. The molecule has 1 aliphatic rings. The molecule has 20 heavy (non-hydrogen) atoms. The fraction of sp³-hybridized carbons (Fsp3) is 0.800. The van der Waals surface area contributed by atoms with Crippen LogP contribution in [0.4, 0.5) is 0 Å². The van der Waals surface area contributed by atoms with Gasteiger partial charge in [-0.15, -0.1) is 0 Å². The smallest absolute Gasteiger partial charge is 0.0589 e. The zero-order valence-electron chi connectivity index (χ0n) is 13.0. The van der Waals surface area contributed by atoms with Crippen molar-refractivity contribution in [2.75, 3.05) is 26.8 Å². The summed E-state index contributed by atoms with van der Waals surface area (Å²) in [5, 5.41) is 4.47. The average molecular weight is 280 g/mol. The average Bonchev–Trinajstić information content (AvgIpc) is 2.82. The summed E-state index contributed by atoms with van der Waals surface area (Å²) in [7, 11) is 1.75. The van der Waals surface area contributed by atoms with Crippen LogP contribution >= 0.6 is 0 Å². The van der Waals surface area contributed by atoms with Crippen LogP contribution in [0.1, 0.15) is 50.8 Å². The van der Waals surface area contributed by atoms with E-state index in [4.69, 9.17) is 10.5 Å². The Morgan fingerprint density at radius 3 is 2.90 bits per heavy atom. The Bertz CT molecular complexity index is 404. The van der Waals surface area contributed by atoms with Gasteiger partial charge in [-0.1, -0.05) is 6.42 Å². The van der Waals surface area contributed by atoms with E-state index in [1.54, 1.807) is 7.11 Å². The van der Waals surface area contributed by atoms with Crippen molar-refractivity contribution in [1.82, 2.24) is 14.7 Å². The van der Waals surface area contributed by atoms with Crippen molar-refractivity contribution in [2.24, 2.45) is 5.73 Å². The van der Waals surface area contributed by atoms with Gasteiger partial charge in [-0.3, -0.25) is 9.58 Å². The van der Waals surface area contributed by atoms with E-state index in [0.717, 1.165) is 26.1 Å². The largest absolute Gasteiger partial charge is 0.383 e. The molecule has 2 rings (SSSR count). The molecule has 0 saturated carbocycles. The lowest BCUT2D eigenvalue weighted by Crippen LogP contribution is -2.41. The predicted molar refractivity (Wildman–Crippen MR) is 80.6 cm³/mol. The van der Waals surface area contributed by atoms with Gasteiger partial charge in [0, 0.05) is 37.5 Å². The molecule has 1 aromatic rings. The Morgan fingerprint density at radius 2 is 2.25 bits per heavy atom. The molecule has 5 nitrogen and oxygen atoms in total. The number of hydrogen-bond acceptors (Lipinski definition) is 4. The molecule has 1 aromatic heterocycles. The van der Waals surface area contributed by atoms with Gasteiger partial charge in [0.05, 0.1) is 18.8 Å². The van der Waals surface area contributed by atoms with E-state index in [1.165, 1.54) is 18.4 Å². The second-order valence-electron chi connectivity index (χ2n) is 5.98. The van der Waals surface area contributed by atoms with Crippen molar-refractivity contribution >= 4 is 0 Å². The third-order valence-corrected chi connectivity index (χ3v) is 4.11. The highest BCUT2D eigenvalue weighted by Crippen LogP contribution is 2.29. The van der Waals surface area contributed by atoms with Crippen LogP contribution in [0, 0.1) is 0 Å². The second kappa shape index (κ2) is 7.20. The molecule has 5 heteroatoms. The first-order chi connectivity index (χ1) is 9.63. The lowest BCUT2D eigenvalue weighted by atomic mass is 9.99. The van der Waals surface area contributed by atoms with Crippen molar-refractivity contribution < 1.29 is 4.74 Å². The van der Waals surface area contributed by atoms with Crippen molar-refractivity contribution in [3.63, 3.8) is 0 Å². The highest BCUT2D eigenvalue weighted by atomic mass is 16.5. The van der Waals surface area contributed by atoms with Gasteiger partial charge in [0.25, 0.3) is 0 Å². The third-order valence-electron chi connectivity index (χ3n) is 4.11. The van der Waals surface area contributed by atoms with E-state index >= 15 is 0 Å². The zero-order chi connectivity index (χ0) is 14.5. The highest BCUT2D eigenvalue weighted by Gasteiger charge is 2.29. The summed E-state index contributed by atoms with van der Waals surface area (Å²) in [5.74, 6) is 0. The first-order valence-electron chi connectivity index (χ1n) is 7.66. The molecule has 0 amide bonds. The van der Waals surface area contributed by atoms with Crippen LogP contribution in [-0.2, 0) is 4.74 Å². The van der Waals surface area contributed by atoms with Crippen molar-refractivity contribution in [3.8, 4) is 0 Å². The SMILES string of the molecule is COCCN1CCCCC(N)C1c1cnn(C(C)C)c1. The first kappa shape index (κ1) is 15.5. The normalized spacial score (nSPS) is 25.1. The Morgan fingerprint density at radius 1 is 1.45 bits per heavy atom. The van der Waals surface area contributed by atoms with Gasteiger partial charge in [0.15, 0.2) is 0 Å². The van der Waals surface area contributed by atoms with Gasteiger partial charge in [0.2, 0.25) is 0 Å². The highest BCUT2D eigenvalue weighted by molar-refractivity contribution is 5.14. The quantitative estimate of drug-likeness (QED) is 0.896. The van der Waals surface area contributed by atoms with Crippen LogP contribution in [0.15, 0.2) is 12.4 Å². The molecule has 1 aliphatic heterocycles. The summed E-state index contributed by atoms with van der Waals surface area (Å²) in [5.41, 5.74) is 7.68. The Hall–Kier alpha value is -0.910. The van der Waals surface area contributed by atoms with E-state index in [0.29, 0.717) is 6.04 Å². The number of nitrogens with zero attached hydrogens (tertiary/aromatic N) is 3. The molecular weight excluding hydrogens is 252 g/mol. The van der Waals surface area contributed by atoms with E-state index in [-0.39, 0.29) is 12.1 Å². The molecule has 0 spiro atoms. The number of rotatable bonds is 5. The number of aromatic nitrogens is 2. The van der Waals surface area contributed by atoms with Crippen molar-refractivity contribution in [3.05, 3.63) is 18.0 Å². The zero-order valence-corrected chi connectivity index (χ0v) is 13.0. The lowest BCUT2D eigenvalue weighted by molar-refractivity contribution is 0.115. The van der Waals surface area contributed by atoms with Crippen LogP contribution < -0.4 is 5.73 Å². The Kier molecular flexibility index (Phi) is 5.57. The standard InChI is InChI=1S/C15H28N4O/c1-12(2)19-11-13(10-17-19)15-14(16)6-4-5-7-18(15)8-9-20-3/h10-12,14-15H,4-9,16H2,1-3H3. The molecular formula is C15H28N4O. The molecule has 0 aliphatic carbocycles. The molecule has 114 valence electrons. The van der Waals surface area contributed by atoms with Gasteiger partial charge >= 0.3 is 0 Å². The van der Waals surface area contributed by atoms with E-state index in [2.05, 4.69) is 30.0 Å². The number of ether oxygens (including phenoxy) is 1. The van der Waals surface area contributed by atoms with Crippen molar-refractivity contribution in [2.45, 2.75) is 51.2 Å². The summed E-state index contributed by atoms with van der Waals surface area (Å²) in [6.45, 7) is 7.07. The molecule has 2 N–H and O–H groups in total. The van der Waals surface area contributed by atoms with E-state index < -0.39 is 0 Å². The topological polar surface area (TPSA) is 56.3 Å². The summed E-state index contributed by atoms with van der Waals surface area (Å²) in [4.78, 5) is 2.46. The molecule has 2 heterocycles. The van der Waals surface area contributed by atoms with Crippen LogP contribution in [0.5, 0.6) is 0 Å².